The molecule has 0 aliphatic rings. The largest absolute Gasteiger partial charge is 0.319 e. The van der Waals surface area contributed by atoms with E-state index in [1.807, 2.05) is 12.1 Å². The zero-order valence-corrected chi connectivity index (χ0v) is 37.5. The van der Waals surface area contributed by atoms with Crippen LogP contribution in [0.2, 0.25) is 0 Å². The highest BCUT2D eigenvalue weighted by atomic mass is 15.0. The SMILES string of the molecule is [C-]#[N+]c1cc(-n2c3ccc4ccccc4c3c3c4c5ccccc5n(-c5ccccc5)c4ccc32)c(C#N)cc1-n1c2ccc3ccccc3c2c2c3c4ccccc4n(-c4ccccc4)c3ccc21. The Balaban J connectivity index is 1.06. The van der Waals surface area contributed by atoms with Crippen LogP contribution in [0.4, 0.5) is 5.69 Å². The predicted octanol–water partition coefficient (Wildman–Crippen LogP) is 16.8. The number of hydrogen-bond donors (Lipinski definition) is 0. The molecule has 0 aliphatic carbocycles. The number of para-hydroxylation sites is 4. The maximum Gasteiger partial charge on any atom is 0.212 e. The predicted molar refractivity (Wildman–Crippen MR) is 290 cm³/mol. The lowest BCUT2D eigenvalue weighted by molar-refractivity contribution is 1.14. The van der Waals surface area contributed by atoms with Crippen LogP contribution in [-0.4, -0.2) is 18.3 Å². The van der Waals surface area contributed by atoms with Gasteiger partial charge < -0.3 is 18.3 Å². The van der Waals surface area contributed by atoms with E-state index in [4.69, 9.17) is 6.57 Å². The second-order valence-corrected chi connectivity index (χ2v) is 18.2. The molecule has 0 radical (unpaired) electrons. The second kappa shape index (κ2) is 14.3. The van der Waals surface area contributed by atoms with Gasteiger partial charge in [-0.1, -0.05) is 133 Å². The van der Waals surface area contributed by atoms with Crippen molar-refractivity contribution in [3.8, 4) is 28.8 Å². The molecule has 0 saturated carbocycles. The summed E-state index contributed by atoms with van der Waals surface area (Å²) >= 11 is 0. The van der Waals surface area contributed by atoms with Crippen molar-refractivity contribution in [1.29, 1.82) is 5.26 Å². The van der Waals surface area contributed by atoms with Gasteiger partial charge in [-0.25, -0.2) is 4.85 Å². The molecular weight excluding hydrogens is 853 g/mol. The normalized spacial score (nSPS) is 12.0. The van der Waals surface area contributed by atoms with Gasteiger partial charge in [-0.15, -0.1) is 0 Å². The molecule has 0 N–H and O–H groups in total. The third-order valence-corrected chi connectivity index (χ3v) is 14.8. The lowest BCUT2D eigenvalue weighted by Crippen LogP contribution is -2.02. The zero-order chi connectivity index (χ0) is 46.2. The van der Waals surface area contributed by atoms with Gasteiger partial charge in [0.05, 0.1) is 67.6 Å². The van der Waals surface area contributed by atoms with Gasteiger partial charge in [-0.05, 0) is 106 Å². The van der Waals surface area contributed by atoms with E-state index in [-0.39, 0.29) is 0 Å². The maximum atomic E-state index is 11.4. The topological polar surface area (TPSA) is 47.9 Å². The monoisotopic (exact) mass is 888 g/mol. The minimum Gasteiger partial charge on any atom is -0.319 e. The number of nitriles is 1. The van der Waals surface area contributed by atoms with Crippen LogP contribution in [0.5, 0.6) is 0 Å². The van der Waals surface area contributed by atoms with Gasteiger partial charge in [0.25, 0.3) is 0 Å². The fourth-order valence-corrected chi connectivity index (χ4v) is 12.0. The fraction of sp³-hybridized carbons (Fsp3) is 0. The van der Waals surface area contributed by atoms with Gasteiger partial charge >= 0.3 is 0 Å². The van der Waals surface area contributed by atoms with Crippen molar-refractivity contribution < 1.29 is 0 Å². The second-order valence-electron chi connectivity index (χ2n) is 18.2. The quantitative estimate of drug-likeness (QED) is 0.162. The summed E-state index contributed by atoms with van der Waals surface area (Å²) in [5.74, 6) is 0. The van der Waals surface area contributed by atoms with E-state index in [9.17, 15) is 5.26 Å². The van der Waals surface area contributed by atoms with Crippen molar-refractivity contribution in [3.05, 3.63) is 235 Å². The molecular formula is C64H36N6. The summed E-state index contributed by atoms with van der Waals surface area (Å²) in [7, 11) is 0. The summed E-state index contributed by atoms with van der Waals surface area (Å²) in [5.41, 5.74) is 12.8. The van der Waals surface area contributed by atoms with Gasteiger partial charge in [-0.2, -0.15) is 5.26 Å². The van der Waals surface area contributed by atoms with Crippen LogP contribution in [0.15, 0.2) is 218 Å². The summed E-state index contributed by atoms with van der Waals surface area (Å²) in [6.07, 6.45) is 0. The Bertz CT molecular complexity index is 4530. The van der Waals surface area contributed by atoms with Gasteiger partial charge in [0, 0.05) is 54.5 Å². The van der Waals surface area contributed by atoms with E-state index < -0.39 is 0 Å². The molecule has 0 spiro atoms. The third-order valence-electron chi connectivity index (χ3n) is 14.8. The molecule has 0 amide bonds. The summed E-state index contributed by atoms with van der Waals surface area (Å²) in [4.78, 5) is 4.34. The Morgan fingerprint density at radius 1 is 0.329 bits per heavy atom. The van der Waals surface area contributed by atoms with Crippen LogP contribution in [-0.2, 0) is 0 Å². The highest BCUT2D eigenvalue weighted by molar-refractivity contribution is 6.35. The Labute approximate surface area is 400 Å². The lowest BCUT2D eigenvalue weighted by Gasteiger charge is -2.16. The molecule has 0 atom stereocenters. The van der Waals surface area contributed by atoms with E-state index in [1.165, 1.54) is 0 Å². The summed E-state index contributed by atoms with van der Waals surface area (Å²) in [6, 6.07) is 79.6. The molecule has 15 rings (SSSR count). The van der Waals surface area contributed by atoms with E-state index in [0.717, 1.165) is 120 Å². The first kappa shape index (κ1) is 38.2. The van der Waals surface area contributed by atoms with E-state index >= 15 is 0 Å². The molecule has 6 heteroatoms. The standard InChI is InChI=1S/C64H36N6/c1-66-48-37-57(69-53-30-28-39-16-8-10-22-44(39)59(53)63-55(69)34-32-51-61(63)46-24-12-14-26-49(46)67(51)42-18-4-2-5-19-42)41(38-65)36-58(48)70-54-31-29-40-17-9-11-23-45(40)60(54)64-56(70)35-33-52-62(64)47-25-13-15-27-50(47)68(52)43-20-6-3-7-21-43/h2-37H. The minimum absolute atomic E-state index is 0.449. The maximum absolute atomic E-state index is 11.4. The van der Waals surface area contributed by atoms with E-state index in [2.05, 4.69) is 235 Å². The molecule has 6 nitrogen and oxygen atoms in total. The number of benzene rings is 11. The Morgan fingerprint density at radius 2 is 0.700 bits per heavy atom. The van der Waals surface area contributed by atoms with Crippen molar-refractivity contribution in [2.24, 2.45) is 0 Å². The number of rotatable bonds is 4. The van der Waals surface area contributed by atoms with Crippen LogP contribution in [0.1, 0.15) is 5.56 Å². The van der Waals surface area contributed by atoms with Crippen molar-refractivity contribution in [1.82, 2.24) is 18.3 Å². The molecule has 0 aliphatic heterocycles. The van der Waals surface area contributed by atoms with Gasteiger partial charge in [-0.3, -0.25) is 0 Å². The molecule has 0 unspecified atom stereocenters. The summed E-state index contributed by atoms with van der Waals surface area (Å²) in [5, 5.41) is 25.0. The van der Waals surface area contributed by atoms with Gasteiger partial charge in [0.2, 0.25) is 5.69 Å². The molecule has 322 valence electrons. The van der Waals surface area contributed by atoms with Crippen molar-refractivity contribution in [3.63, 3.8) is 0 Å². The van der Waals surface area contributed by atoms with Gasteiger partial charge in [0.15, 0.2) is 0 Å². The average Bonchev–Trinajstić information content (AvgIpc) is 4.16. The van der Waals surface area contributed by atoms with Crippen LogP contribution in [0.3, 0.4) is 0 Å². The molecule has 70 heavy (non-hydrogen) atoms. The van der Waals surface area contributed by atoms with E-state index in [1.54, 1.807) is 0 Å². The highest BCUT2D eigenvalue weighted by Crippen LogP contribution is 2.48. The van der Waals surface area contributed by atoms with Gasteiger partial charge in [0.1, 0.15) is 6.07 Å². The smallest absolute Gasteiger partial charge is 0.212 e. The van der Waals surface area contributed by atoms with Crippen molar-refractivity contribution in [2.45, 2.75) is 0 Å². The fourth-order valence-electron chi connectivity index (χ4n) is 12.0. The molecule has 11 aromatic carbocycles. The van der Waals surface area contributed by atoms with Crippen LogP contribution >= 0.6 is 0 Å². The third kappa shape index (κ3) is 5.03. The number of fused-ring (bicyclic) bond motifs is 18. The van der Waals surface area contributed by atoms with Crippen LogP contribution in [0.25, 0.3) is 136 Å². The first-order valence-corrected chi connectivity index (χ1v) is 23.5. The van der Waals surface area contributed by atoms with Crippen molar-refractivity contribution >= 4 is 114 Å². The molecule has 15 aromatic rings. The Kier molecular flexibility index (Phi) is 7.82. The molecule has 0 bridgehead atoms. The van der Waals surface area contributed by atoms with Crippen molar-refractivity contribution in [2.75, 3.05) is 0 Å². The molecule has 4 heterocycles. The minimum atomic E-state index is 0.449. The Morgan fingerprint density at radius 3 is 1.17 bits per heavy atom. The van der Waals surface area contributed by atoms with Crippen LogP contribution < -0.4 is 0 Å². The number of hydrogen-bond acceptors (Lipinski definition) is 1. The van der Waals surface area contributed by atoms with Crippen LogP contribution in [0, 0.1) is 17.9 Å². The summed E-state index contributed by atoms with van der Waals surface area (Å²) in [6.45, 7) is 8.95. The van der Waals surface area contributed by atoms with E-state index in [0.29, 0.717) is 22.6 Å². The number of nitrogens with zero attached hydrogens (tertiary/aromatic N) is 6. The Hall–Kier alpha value is -9.88. The molecule has 0 fully saturated rings. The molecule has 4 aromatic heterocycles. The average molecular weight is 889 g/mol. The molecule has 0 saturated heterocycles. The first-order valence-electron chi connectivity index (χ1n) is 23.5. The summed E-state index contributed by atoms with van der Waals surface area (Å²) < 4.78 is 9.16. The first-order chi connectivity index (χ1) is 34.7. The zero-order valence-electron chi connectivity index (χ0n) is 37.5. The highest BCUT2D eigenvalue weighted by Gasteiger charge is 2.27. The lowest BCUT2D eigenvalue weighted by atomic mass is 10.0. The number of aromatic nitrogens is 4.